The van der Waals surface area contributed by atoms with Crippen LogP contribution in [0.4, 0.5) is 0 Å². The van der Waals surface area contributed by atoms with Crippen molar-refractivity contribution in [2.45, 2.75) is 6.61 Å². The van der Waals surface area contributed by atoms with Gasteiger partial charge in [-0.1, -0.05) is 82.4 Å². The fourth-order valence-electron chi connectivity index (χ4n) is 2.90. The zero-order chi connectivity index (χ0) is 21.1. The quantitative estimate of drug-likeness (QED) is 0.321. The van der Waals surface area contributed by atoms with Crippen molar-refractivity contribution < 1.29 is 14.4 Å². The minimum Gasteiger partial charge on any atom is -0.487 e. The second-order valence-corrected chi connectivity index (χ2v) is 7.71. The highest BCUT2D eigenvalue weighted by molar-refractivity contribution is 6.35. The number of benzene rings is 3. The summed E-state index contributed by atoms with van der Waals surface area (Å²) in [7, 11) is 0. The molecule has 0 fully saturated rings. The lowest BCUT2D eigenvalue weighted by atomic mass is 10.0. The molecule has 3 aromatic carbocycles. The molecule has 150 valence electrons. The van der Waals surface area contributed by atoms with E-state index in [1.54, 1.807) is 42.5 Å². The number of nitrogens with zero attached hydrogens (tertiary/aromatic N) is 1. The fourth-order valence-corrected chi connectivity index (χ4v) is 3.61. The standard InChI is InChI=1S/C23H14Cl3NO3/c24-17-8-7-16(19(25)12-17)13-29-21-9-6-14(11-20(21)26)10-18-22(27-30-23(18)28)15-4-2-1-3-5-15/h1-12H,13H2/b18-10-. The molecule has 3 aromatic rings. The van der Waals surface area contributed by atoms with Crippen LogP contribution < -0.4 is 4.74 Å². The lowest BCUT2D eigenvalue weighted by Crippen LogP contribution is -2.06. The first-order valence-electron chi connectivity index (χ1n) is 8.94. The van der Waals surface area contributed by atoms with Gasteiger partial charge in [-0.05, 0) is 35.9 Å². The van der Waals surface area contributed by atoms with Crippen molar-refractivity contribution in [2.75, 3.05) is 0 Å². The van der Waals surface area contributed by atoms with Crippen LogP contribution in [0.15, 0.2) is 77.5 Å². The number of hydrogen-bond acceptors (Lipinski definition) is 4. The van der Waals surface area contributed by atoms with Gasteiger partial charge in [-0.15, -0.1) is 0 Å². The van der Waals surface area contributed by atoms with Crippen molar-refractivity contribution in [1.82, 2.24) is 0 Å². The molecular weight excluding hydrogens is 445 g/mol. The summed E-state index contributed by atoms with van der Waals surface area (Å²) in [4.78, 5) is 17.0. The molecule has 0 N–H and O–H groups in total. The minimum absolute atomic E-state index is 0.243. The monoisotopic (exact) mass is 457 g/mol. The molecule has 7 heteroatoms. The van der Waals surface area contributed by atoms with Gasteiger partial charge in [0.25, 0.3) is 0 Å². The molecule has 0 spiro atoms. The summed E-state index contributed by atoms with van der Waals surface area (Å²) >= 11 is 18.5. The summed E-state index contributed by atoms with van der Waals surface area (Å²) in [6.07, 6.45) is 1.69. The zero-order valence-electron chi connectivity index (χ0n) is 15.4. The Balaban J connectivity index is 1.54. The van der Waals surface area contributed by atoms with Crippen LogP contribution in [0.3, 0.4) is 0 Å². The van der Waals surface area contributed by atoms with Crippen LogP contribution in [0.2, 0.25) is 15.1 Å². The maximum Gasteiger partial charge on any atom is 0.368 e. The minimum atomic E-state index is -0.511. The lowest BCUT2D eigenvalue weighted by molar-refractivity contribution is -0.136. The summed E-state index contributed by atoms with van der Waals surface area (Å²) in [5, 5.41) is 5.38. The van der Waals surface area contributed by atoms with Crippen LogP contribution in [0, 0.1) is 0 Å². The van der Waals surface area contributed by atoms with E-state index < -0.39 is 5.97 Å². The third kappa shape index (κ3) is 4.51. The van der Waals surface area contributed by atoms with Gasteiger partial charge < -0.3 is 9.57 Å². The molecule has 0 bridgehead atoms. The van der Waals surface area contributed by atoms with Crippen molar-refractivity contribution in [1.29, 1.82) is 0 Å². The Labute approximate surface area is 188 Å². The van der Waals surface area contributed by atoms with Gasteiger partial charge in [0.15, 0.2) is 0 Å². The Morgan fingerprint density at radius 2 is 1.73 bits per heavy atom. The van der Waals surface area contributed by atoms with E-state index in [-0.39, 0.29) is 6.61 Å². The molecule has 0 saturated carbocycles. The van der Waals surface area contributed by atoms with Crippen LogP contribution in [-0.4, -0.2) is 11.7 Å². The largest absolute Gasteiger partial charge is 0.487 e. The Hall–Kier alpha value is -2.79. The van der Waals surface area contributed by atoms with Gasteiger partial charge in [0, 0.05) is 21.2 Å². The predicted octanol–water partition coefficient (Wildman–Crippen LogP) is 6.57. The van der Waals surface area contributed by atoms with Crippen LogP contribution in [0.5, 0.6) is 5.75 Å². The van der Waals surface area contributed by atoms with E-state index in [1.807, 2.05) is 30.3 Å². The summed E-state index contributed by atoms with van der Waals surface area (Å²) in [6, 6.07) is 19.8. The van der Waals surface area contributed by atoms with Crippen molar-refractivity contribution in [3.05, 3.63) is 104 Å². The second-order valence-electron chi connectivity index (χ2n) is 6.46. The third-order valence-corrected chi connectivity index (χ3v) is 5.29. The lowest BCUT2D eigenvalue weighted by Gasteiger charge is -2.10. The molecule has 0 aromatic heterocycles. The van der Waals surface area contributed by atoms with Crippen molar-refractivity contribution >= 4 is 52.6 Å². The van der Waals surface area contributed by atoms with Crippen molar-refractivity contribution in [3.8, 4) is 5.75 Å². The first kappa shape index (κ1) is 20.5. The Bertz CT molecular complexity index is 1170. The Morgan fingerprint density at radius 1 is 0.933 bits per heavy atom. The van der Waals surface area contributed by atoms with E-state index in [0.29, 0.717) is 37.7 Å². The SMILES string of the molecule is O=C1ON=C(c2ccccc2)/C1=C/c1ccc(OCc2ccc(Cl)cc2Cl)c(Cl)c1. The van der Waals surface area contributed by atoms with Gasteiger partial charge in [0.1, 0.15) is 18.1 Å². The molecule has 4 nitrogen and oxygen atoms in total. The van der Waals surface area contributed by atoms with Crippen LogP contribution in [-0.2, 0) is 16.2 Å². The number of carbonyl (C=O) groups is 1. The second kappa shape index (κ2) is 8.92. The summed E-state index contributed by atoms with van der Waals surface area (Å²) < 4.78 is 5.78. The van der Waals surface area contributed by atoms with Gasteiger partial charge in [-0.2, -0.15) is 0 Å². The van der Waals surface area contributed by atoms with Gasteiger partial charge in [-0.3, -0.25) is 0 Å². The van der Waals surface area contributed by atoms with E-state index in [9.17, 15) is 4.79 Å². The highest BCUT2D eigenvalue weighted by atomic mass is 35.5. The van der Waals surface area contributed by atoms with E-state index in [1.165, 1.54) is 0 Å². The molecule has 1 heterocycles. The van der Waals surface area contributed by atoms with Crippen molar-refractivity contribution in [2.24, 2.45) is 5.16 Å². The molecule has 0 unspecified atom stereocenters. The van der Waals surface area contributed by atoms with Gasteiger partial charge in [-0.25, -0.2) is 4.79 Å². The van der Waals surface area contributed by atoms with E-state index in [4.69, 9.17) is 44.4 Å². The van der Waals surface area contributed by atoms with E-state index >= 15 is 0 Å². The zero-order valence-corrected chi connectivity index (χ0v) is 17.7. The molecule has 0 amide bonds. The molecule has 30 heavy (non-hydrogen) atoms. The highest BCUT2D eigenvalue weighted by Crippen LogP contribution is 2.30. The molecule has 0 saturated heterocycles. The first-order valence-corrected chi connectivity index (χ1v) is 10.1. The summed E-state index contributed by atoms with van der Waals surface area (Å²) in [5.41, 5.74) is 3.14. The number of halogens is 3. The van der Waals surface area contributed by atoms with Gasteiger partial charge in [0.2, 0.25) is 0 Å². The molecule has 4 rings (SSSR count). The molecule has 0 aliphatic carbocycles. The molecule has 1 aliphatic heterocycles. The first-order chi connectivity index (χ1) is 14.5. The topological polar surface area (TPSA) is 47.9 Å². The molecular formula is C23H14Cl3NO3. The average Bonchev–Trinajstić information content (AvgIpc) is 3.09. The maximum atomic E-state index is 12.1. The highest BCUT2D eigenvalue weighted by Gasteiger charge is 2.26. The number of rotatable bonds is 5. The van der Waals surface area contributed by atoms with Gasteiger partial charge >= 0.3 is 5.97 Å². The number of carbonyl (C=O) groups excluding carboxylic acids is 1. The molecule has 1 aliphatic rings. The molecule has 0 radical (unpaired) electrons. The number of oxime groups is 1. The van der Waals surface area contributed by atoms with E-state index in [2.05, 4.69) is 5.16 Å². The number of hydrogen-bond donors (Lipinski definition) is 0. The molecule has 0 atom stereocenters. The average molecular weight is 459 g/mol. The Morgan fingerprint density at radius 3 is 2.47 bits per heavy atom. The predicted molar refractivity (Wildman–Crippen MR) is 119 cm³/mol. The summed E-state index contributed by atoms with van der Waals surface area (Å²) in [6.45, 7) is 0.243. The summed E-state index contributed by atoms with van der Waals surface area (Å²) in [5.74, 6) is -0.0153. The normalized spacial score (nSPS) is 14.6. The Kier molecular flexibility index (Phi) is 6.09. The van der Waals surface area contributed by atoms with Crippen LogP contribution in [0.25, 0.3) is 6.08 Å². The van der Waals surface area contributed by atoms with Crippen LogP contribution >= 0.6 is 34.8 Å². The smallest absolute Gasteiger partial charge is 0.368 e. The van der Waals surface area contributed by atoms with E-state index in [0.717, 1.165) is 11.1 Å². The third-order valence-electron chi connectivity index (χ3n) is 4.41. The maximum absolute atomic E-state index is 12.1. The number of ether oxygens (including phenoxy) is 1. The fraction of sp³-hybridized carbons (Fsp3) is 0.0435. The van der Waals surface area contributed by atoms with Crippen LogP contribution in [0.1, 0.15) is 16.7 Å². The van der Waals surface area contributed by atoms with Crippen molar-refractivity contribution in [3.63, 3.8) is 0 Å². The van der Waals surface area contributed by atoms with Gasteiger partial charge in [0.05, 0.1) is 10.6 Å².